The van der Waals surface area contributed by atoms with Gasteiger partial charge in [0.2, 0.25) is 5.89 Å². The van der Waals surface area contributed by atoms with E-state index < -0.39 is 0 Å². The highest BCUT2D eigenvalue weighted by molar-refractivity contribution is 5.82. The first-order valence-corrected chi connectivity index (χ1v) is 7.57. The molecule has 116 valence electrons. The monoisotopic (exact) mass is 314 g/mol. The van der Waals surface area contributed by atoms with Crippen molar-refractivity contribution < 1.29 is 9.52 Å². The molecule has 4 nitrogen and oxygen atoms in total. The number of hydrogen-bond acceptors (Lipinski definition) is 4. The number of nitrogens with zero attached hydrogens (tertiary/aromatic N) is 2. The van der Waals surface area contributed by atoms with Crippen molar-refractivity contribution in [2.24, 2.45) is 4.99 Å². The normalized spacial score (nSPS) is 11.3. The van der Waals surface area contributed by atoms with Crippen LogP contribution in [0.5, 0.6) is 5.75 Å². The van der Waals surface area contributed by atoms with Gasteiger partial charge in [0.1, 0.15) is 11.3 Å². The first-order valence-electron chi connectivity index (χ1n) is 7.57. The Hall–Kier alpha value is -3.40. The zero-order valence-corrected chi connectivity index (χ0v) is 12.8. The summed E-state index contributed by atoms with van der Waals surface area (Å²) in [7, 11) is 0. The molecule has 0 saturated carbocycles. The molecule has 0 bridgehead atoms. The molecule has 1 heterocycles. The molecule has 0 radical (unpaired) electrons. The minimum Gasteiger partial charge on any atom is -0.508 e. The minimum absolute atomic E-state index is 0.245. The van der Waals surface area contributed by atoms with E-state index in [2.05, 4.69) is 9.98 Å². The van der Waals surface area contributed by atoms with Gasteiger partial charge in [-0.2, -0.15) is 0 Å². The van der Waals surface area contributed by atoms with Crippen molar-refractivity contribution in [3.63, 3.8) is 0 Å². The van der Waals surface area contributed by atoms with Gasteiger partial charge in [-0.1, -0.05) is 12.1 Å². The van der Waals surface area contributed by atoms with E-state index in [1.165, 1.54) is 0 Å². The van der Waals surface area contributed by atoms with Crippen molar-refractivity contribution in [2.75, 3.05) is 0 Å². The summed E-state index contributed by atoms with van der Waals surface area (Å²) in [6.45, 7) is 0. The van der Waals surface area contributed by atoms with E-state index in [1.54, 1.807) is 18.3 Å². The van der Waals surface area contributed by atoms with Crippen molar-refractivity contribution in [2.45, 2.75) is 0 Å². The summed E-state index contributed by atoms with van der Waals surface area (Å²) >= 11 is 0. The molecule has 0 amide bonds. The second-order valence-electron chi connectivity index (χ2n) is 5.38. The van der Waals surface area contributed by atoms with Crippen LogP contribution < -0.4 is 0 Å². The van der Waals surface area contributed by atoms with E-state index in [0.29, 0.717) is 5.89 Å². The number of para-hydroxylation sites is 2. The number of aromatic nitrogens is 1. The summed E-state index contributed by atoms with van der Waals surface area (Å²) in [6.07, 6.45) is 1.76. The molecule has 1 N–H and O–H groups in total. The lowest BCUT2D eigenvalue weighted by molar-refractivity contribution is 0.475. The van der Waals surface area contributed by atoms with E-state index in [-0.39, 0.29) is 5.75 Å². The molecule has 0 unspecified atom stereocenters. The largest absolute Gasteiger partial charge is 0.508 e. The lowest BCUT2D eigenvalue weighted by Gasteiger charge is -1.97. The molecule has 0 aliphatic heterocycles. The van der Waals surface area contributed by atoms with E-state index in [1.807, 2.05) is 60.7 Å². The molecule has 0 spiro atoms. The standard InChI is InChI=1S/C20H14N2O2/c23-17-11-5-14(6-12-17)13-21-16-9-7-15(8-10-16)20-22-18-3-1-2-4-19(18)24-20/h1-13,23H. The SMILES string of the molecule is Oc1ccc(C=Nc2ccc(-c3nc4ccccc4o3)cc2)cc1. The molecule has 4 rings (SSSR count). The number of oxazole rings is 1. The van der Waals surface area contributed by atoms with Gasteiger partial charge in [0.25, 0.3) is 0 Å². The lowest BCUT2D eigenvalue weighted by Crippen LogP contribution is -1.79. The van der Waals surface area contributed by atoms with Crippen molar-refractivity contribution in [1.82, 2.24) is 4.98 Å². The predicted molar refractivity (Wildman–Crippen MR) is 94.8 cm³/mol. The second-order valence-corrected chi connectivity index (χ2v) is 5.38. The number of benzene rings is 3. The van der Waals surface area contributed by atoms with Gasteiger partial charge in [-0.3, -0.25) is 4.99 Å². The molecule has 24 heavy (non-hydrogen) atoms. The van der Waals surface area contributed by atoms with Gasteiger partial charge in [0.15, 0.2) is 5.58 Å². The van der Waals surface area contributed by atoms with Gasteiger partial charge in [-0.05, 0) is 66.2 Å². The Balaban J connectivity index is 1.57. The zero-order chi connectivity index (χ0) is 16.4. The van der Waals surface area contributed by atoms with E-state index in [4.69, 9.17) is 4.42 Å². The number of rotatable bonds is 3. The third-order valence-electron chi connectivity index (χ3n) is 3.66. The fraction of sp³-hybridized carbons (Fsp3) is 0. The van der Waals surface area contributed by atoms with Gasteiger partial charge in [-0.15, -0.1) is 0 Å². The van der Waals surface area contributed by atoms with Gasteiger partial charge in [0, 0.05) is 11.8 Å². The maximum atomic E-state index is 9.27. The van der Waals surface area contributed by atoms with Crippen molar-refractivity contribution in [1.29, 1.82) is 0 Å². The molecular formula is C20H14N2O2. The van der Waals surface area contributed by atoms with Crippen LogP contribution in [-0.2, 0) is 0 Å². The number of phenolic OH excluding ortho intramolecular Hbond substituents is 1. The highest BCUT2D eigenvalue weighted by Crippen LogP contribution is 2.25. The molecule has 4 heteroatoms. The van der Waals surface area contributed by atoms with Crippen molar-refractivity contribution in [3.05, 3.63) is 78.4 Å². The summed E-state index contributed by atoms with van der Waals surface area (Å²) in [6, 6.07) is 22.3. The van der Waals surface area contributed by atoms with Gasteiger partial charge >= 0.3 is 0 Å². The van der Waals surface area contributed by atoms with Crippen LogP contribution in [0.1, 0.15) is 5.56 Å². The Morgan fingerprint density at radius 2 is 1.62 bits per heavy atom. The van der Waals surface area contributed by atoms with Crippen molar-refractivity contribution >= 4 is 23.0 Å². The summed E-state index contributed by atoms with van der Waals surface area (Å²) in [4.78, 5) is 8.91. The fourth-order valence-electron chi connectivity index (χ4n) is 2.40. The summed E-state index contributed by atoms with van der Waals surface area (Å²) < 4.78 is 5.76. The topological polar surface area (TPSA) is 58.6 Å². The van der Waals surface area contributed by atoms with Gasteiger partial charge in [-0.25, -0.2) is 4.98 Å². The highest BCUT2D eigenvalue weighted by Gasteiger charge is 2.07. The van der Waals surface area contributed by atoms with Crippen LogP contribution in [0.3, 0.4) is 0 Å². The number of aromatic hydroxyl groups is 1. The highest BCUT2D eigenvalue weighted by atomic mass is 16.3. The van der Waals surface area contributed by atoms with Crippen LogP contribution in [0, 0.1) is 0 Å². The molecule has 1 aromatic heterocycles. The van der Waals surface area contributed by atoms with Crippen LogP contribution in [0.25, 0.3) is 22.6 Å². The molecule has 4 aromatic rings. The molecular weight excluding hydrogens is 300 g/mol. The van der Waals surface area contributed by atoms with E-state index >= 15 is 0 Å². The molecule has 0 atom stereocenters. The fourth-order valence-corrected chi connectivity index (χ4v) is 2.40. The average molecular weight is 314 g/mol. The summed E-state index contributed by atoms with van der Waals surface area (Å²) in [5.41, 5.74) is 4.30. The quantitative estimate of drug-likeness (QED) is 0.544. The Labute approximate surface area is 138 Å². The Morgan fingerprint density at radius 3 is 2.38 bits per heavy atom. The van der Waals surface area contributed by atoms with Gasteiger partial charge in [0.05, 0.1) is 5.69 Å². The molecule has 0 aliphatic rings. The van der Waals surface area contributed by atoms with E-state index in [0.717, 1.165) is 27.9 Å². The molecule has 0 aliphatic carbocycles. The van der Waals surface area contributed by atoms with Gasteiger partial charge < -0.3 is 9.52 Å². The van der Waals surface area contributed by atoms with Crippen molar-refractivity contribution in [3.8, 4) is 17.2 Å². The Bertz CT molecular complexity index is 967. The third-order valence-corrected chi connectivity index (χ3v) is 3.66. The number of hydrogen-bond donors (Lipinski definition) is 1. The molecule has 0 fully saturated rings. The Morgan fingerprint density at radius 1 is 0.875 bits per heavy atom. The van der Waals surface area contributed by atoms with Crippen LogP contribution in [0.4, 0.5) is 5.69 Å². The first kappa shape index (κ1) is 14.2. The number of phenols is 1. The first-order chi connectivity index (χ1) is 11.8. The second kappa shape index (κ2) is 6.01. The molecule has 3 aromatic carbocycles. The van der Waals surface area contributed by atoms with Crippen LogP contribution in [0.2, 0.25) is 0 Å². The Kier molecular flexibility index (Phi) is 3.56. The molecule has 0 saturated heterocycles. The summed E-state index contributed by atoms with van der Waals surface area (Å²) in [5, 5.41) is 9.27. The van der Waals surface area contributed by atoms with Crippen LogP contribution in [-0.4, -0.2) is 16.3 Å². The minimum atomic E-state index is 0.245. The smallest absolute Gasteiger partial charge is 0.227 e. The number of fused-ring (bicyclic) bond motifs is 1. The predicted octanol–water partition coefficient (Wildman–Crippen LogP) is 4.95. The maximum Gasteiger partial charge on any atom is 0.227 e. The van der Waals surface area contributed by atoms with E-state index in [9.17, 15) is 5.11 Å². The summed E-state index contributed by atoms with van der Waals surface area (Å²) in [5.74, 6) is 0.847. The zero-order valence-electron chi connectivity index (χ0n) is 12.8. The van der Waals surface area contributed by atoms with Crippen LogP contribution in [0.15, 0.2) is 82.2 Å². The average Bonchev–Trinajstić information content (AvgIpc) is 3.06. The lowest BCUT2D eigenvalue weighted by atomic mass is 10.2. The number of aliphatic imine (C=N–C) groups is 1. The van der Waals surface area contributed by atoms with Crippen LogP contribution >= 0.6 is 0 Å². The maximum absolute atomic E-state index is 9.27. The third kappa shape index (κ3) is 2.90.